The van der Waals surface area contributed by atoms with Crippen LogP contribution in [0.5, 0.6) is 0 Å². The zero-order valence-electron chi connectivity index (χ0n) is 13.4. The highest BCUT2D eigenvalue weighted by Gasteiger charge is 2.52. The van der Waals surface area contributed by atoms with Crippen molar-refractivity contribution in [2.75, 3.05) is 13.2 Å². The largest absolute Gasteiger partial charge is 0.389 e. The van der Waals surface area contributed by atoms with Crippen molar-refractivity contribution in [3.8, 4) is 0 Å². The Hall–Kier alpha value is -0.120. The molecule has 2 atom stereocenters. The van der Waals surface area contributed by atoms with E-state index < -0.39 is 5.60 Å². The summed E-state index contributed by atoms with van der Waals surface area (Å²) in [6, 6.07) is 0. The highest BCUT2D eigenvalue weighted by molar-refractivity contribution is 5.04. The molecule has 3 N–H and O–H groups in total. The lowest BCUT2D eigenvalue weighted by Gasteiger charge is -2.53. The number of hydrogen-bond acceptors (Lipinski definition) is 3. The molecule has 0 aromatic heterocycles. The molecule has 0 radical (unpaired) electrons. The lowest BCUT2D eigenvalue weighted by molar-refractivity contribution is -0.179. The van der Waals surface area contributed by atoms with Crippen molar-refractivity contribution >= 4 is 0 Å². The van der Waals surface area contributed by atoms with Gasteiger partial charge in [0.05, 0.1) is 11.7 Å². The normalized spacial score (nSPS) is 42.6. The van der Waals surface area contributed by atoms with Crippen LogP contribution in [0.3, 0.4) is 0 Å². The summed E-state index contributed by atoms with van der Waals surface area (Å²) >= 11 is 0. The summed E-state index contributed by atoms with van der Waals surface area (Å²) in [5, 5.41) is 11.3. The van der Waals surface area contributed by atoms with Gasteiger partial charge >= 0.3 is 0 Å². The molecule has 0 aromatic rings. The molecule has 118 valence electrons. The maximum atomic E-state index is 11.3. The fourth-order valence-electron chi connectivity index (χ4n) is 4.42. The quantitative estimate of drug-likeness (QED) is 0.814. The van der Waals surface area contributed by atoms with Crippen molar-refractivity contribution in [1.82, 2.24) is 0 Å². The minimum Gasteiger partial charge on any atom is -0.389 e. The van der Waals surface area contributed by atoms with E-state index in [1.54, 1.807) is 0 Å². The van der Waals surface area contributed by atoms with E-state index in [2.05, 4.69) is 13.8 Å². The van der Waals surface area contributed by atoms with E-state index in [4.69, 9.17) is 10.5 Å². The van der Waals surface area contributed by atoms with Crippen molar-refractivity contribution in [2.24, 2.45) is 17.1 Å². The summed E-state index contributed by atoms with van der Waals surface area (Å²) in [7, 11) is 0. The van der Waals surface area contributed by atoms with Gasteiger partial charge in [-0.15, -0.1) is 0 Å². The molecule has 1 heterocycles. The van der Waals surface area contributed by atoms with Gasteiger partial charge in [-0.1, -0.05) is 26.7 Å². The van der Waals surface area contributed by atoms with Gasteiger partial charge in [0.25, 0.3) is 0 Å². The summed E-state index contributed by atoms with van der Waals surface area (Å²) < 4.78 is 5.84. The molecule has 0 amide bonds. The Morgan fingerprint density at radius 2 is 1.90 bits per heavy atom. The average molecular weight is 283 g/mol. The summed E-state index contributed by atoms with van der Waals surface area (Å²) in [5.41, 5.74) is 5.50. The Kier molecular flexibility index (Phi) is 5.49. The van der Waals surface area contributed by atoms with Crippen LogP contribution in [-0.2, 0) is 4.74 Å². The average Bonchev–Trinajstić information content (AvgIpc) is 2.47. The second kappa shape index (κ2) is 6.76. The van der Waals surface area contributed by atoms with Gasteiger partial charge in [0.2, 0.25) is 0 Å². The van der Waals surface area contributed by atoms with Crippen molar-refractivity contribution in [3.63, 3.8) is 0 Å². The molecule has 0 aromatic carbocycles. The van der Waals surface area contributed by atoms with E-state index >= 15 is 0 Å². The minimum atomic E-state index is -0.599. The Labute approximate surface area is 124 Å². The van der Waals surface area contributed by atoms with Crippen LogP contribution in [0.15, 0.2) is 0 Å². The zero-order chi connectivity index (χ0) is 14.6. The van der Waals surface area contributed by atoms with E-state index in [1.807, 2.05) is 0 Å². The third-order valence-electron chi connectivity index (χ3n) is 6.06. The van der Waals surface area contributed by atoms with E-state index in [0.717, 1.165) is 44.4 Å². The maximum Gasteiger partial charge on any atom is 0.0762 e. The van der Waals surface area contributed by atoms with Crippen LogP contribution in [0.4, 0.5) is 0 Å². The monoisotopic (exact) mass is 283 g/mol. The van der Waals surface area contributed by atoms with Crippen LogP contribution in [-0.4, -0.2) is 30.0 Å². The number of hydrogen-bond donors (Lipinski definition) is 2. The molecule has 2 fully saturated rings. The molecule has 1 saturated carbocycles. The van der Waals surface area contributed by atoms with Gasteiger partial charge in [-0.2, -0.15) is 0 Å². The van der Waals surface area contributed by atoms with Gasteiger partial charge in [-0.25, -0.2) is 0 Å². The molecule has 2 aliphatic rings. The van der Waals surface area contributed by atoms with Crippen LogP contribution in [0, 0.1) is 11.3 Å². The molecule has 2 unspecified atom stereocenters. The fraction of sp³-hybridized carbons (Fsp3) is 1.00. The van der Waals surface area contributed by atoms with Crippen molar-refractivity contribution in [2.45, 2.75) is 83.3 Å². The molecule has 1 aliphatic carbocycles. The molecule has 3 heteroatoms. The van der Waals surface area contributed by atoms with Crippen LogP contribution in [0.1, 0.15) is 71.6 Å². The molecule has 0 spiro atoms. The second-order valence-electron chi connectivity index (χ2n) is 7.10. The van der Waals surface area contributed by atoms with Crippen molar-refractivity contribution in [1.29, 1.82) is 0 Å². The third kappa shape index (κ3) is 3.05. The summed E-state index contributed by atoms with van der Waals surface area (Å²) in [6.07, 6.45) is 9.87. The minimum absolute atomic E-state index is 0.0611. The lowest BCUT2D eigenvalue weighted by Crippen LogP contribution is -2.58. The highest BCUT2D eigenvalue weighted by atomic mass is 16.5. The number of rotatable bonds is 5. The predicted molar refractivity (Wildman–Crippen MR) is 82.6 cm³/mol. The summed E-state index contributed by atoms with van der Waals surface area (Å²) in [6.45, 7) is 5.78. The first-order chi connectivity index (χ1) is 9.59. The van der Waals surface area contributed by atoms with Crippen LogP contribution >= 0.6 is 0 Å². The maximum absolute atomic E-state index is 11.3. The lowest BCUT2D eigenvalue weighted by atomic mass is 9.58. The number of ether oxygens (including phenoxy) is 1. The molecule has 1 aliphatic heterocycles. The second-order valence-corrected chi connectivity index (χ2v) is 7.10. The molecular formula is C17H33NO2. The van der Waals surface area contributed by atoms with E-state index in [-0.39, 0.29) is 11.5 Å². The first kappa shape index (κ1) is 16.3. The Morgan fingerprint density at radius 1 is 1.20 bits per heavy atom. The molecule has 2 rings (SSSR count). The Bertz CT molecular complexity index is 297. The molecular weight excluding hydrogens is 250 g/mol. The fourth-order valence-corrected chi connectivity index (χ4v) is 4.42. The van der Waals surface area contributed by atoms with E-state index in [1.165, 1.54) is 19.3 Å². The van der Waals surface area contributed by atoms with Crippen LogP contribution in [0.2, 0.25) is 0 Å². The zero-order valence-corrected chi connectivity index (χ0v) is 13.4. The number of nitrogens with two attached hydrogens (primary N) is 1. The van der Waals surface area contributed by atoms with E-state index in [0.29, 0.717) is 13.2 Å². The predicted octanol–water partition coefficient (Wildman–Crippen LogP) is 3.24. The third-order valence-corrected chi connectivity index (χ3v) is 6.06. The molecule has 20 heavy (non-hydrogen) atoms. The standard InChI is InChI=1S/C17H33NO2/c1-3-5-15-12-17(19,10-11-20-15)16(13-18)8-6-14(4-2)7-9-16/h14-15,19H,3-13,18H2,1-2H3. The molecule has 1 saturated heterocycles. The first-order valence-corrected chi connectivity index (χ1v) is 8.63. The van der Waals surface area contributed by atoms with Crippen LogP contribution < -0.4 is 5.73 Å². The summed E-state index contributed by atoms with van der Waals surface area (Å²) in [4.78, 5) is 0. The van der Waals surface area contributed by atoms with Gasteiger partial charge < -0.3 is 15.6 Å². The summed E-state index contributed by atoms with van der Waals surface area (Å²) in [5.74, 6) is 0.838. The van der Waals surface area contributed by atoms with E-state index in [9.17, 15) is 5.11 Å². The topological polar surface area (TPSA) is 55.5 Å². The Morgan fingerprint density at radius 3 is 2.45 bits per heavy atom. The van der Waals surface area contributed by atoms with Crippen LogP contribution in [0.25, 0.3) is 0 Å². The Balaban J connectivity index is 2.09. The smallest absolute Gasteiger partial charge is 0.0762 e. The van der Waals surface area contributed by atoms with Gasteiger partial charge in [0, 0.05) is 31.4 Å². The number of aliphatic hydroxyl groups is 1. The van der Waals surface area contributed by atoms with Gasteiger partial charge in [0.15, 0.2) is 0 Å². The van der Waals surface area contributed by atoms with Crippen molar-refractivity contribution in [3.05, 3.63) is 0 Å². The highest BCUT2D eigenvalue weighted by Crippen LogP contribution is 2.51. The van der Waals surface area contributed by atoms with Gasteiger partial charge in [0.1, 0.15) is 0 Å². The SMILES string of the molecule is CCCC1CC(O)(C2(CN)CCC(CC)CC2)CCO1. The van der Waals surface area contributed by atoms with Crippen molar-refractivity contribution < 1.29 is 9.84 Å². The molecule has 3 nitrogen and oxygen atoms in total. The van der Waals surface area contributed by atoms with Gasteiger partial charge in [-0.3, -0.25) is 0 Å². The first-order valence-electron chi connectivity index (χ1n) is 8.63. The molecule has 0 bridgehead atoms. The van der Waals surface area contributed by atoms with Gasteiger partial charge in [-0.05, 0) is 38.0 Å².